The minimum Gasteiger partial charge on any atom is -0.484 e. The summed E-state index contributed by atoms with van der Waals surface area (Å²) >= 11 is 5.84. The monoisotopic (exact) mass is 333 g/mol. The van der Waals surface area contributed by atoms with Crippen LogP contribution >= 0.6 is 11.6 Å². The van der Waals surface area contributed by atoms with Crippen molar-refractivity contribution in [2.75, 3.05) is 18.5 Å². The van der Waals surface area contributed by atoms with E-state index >= 15 is 0 Å². The van der Waals surface area contributed by atoms with Gasteiger partial charge in [-0.15, -0.1) is 0 Å². The Hall–Kier alpha value is -2.60. The number of amides is 2. The van der Waals surface area contributed by atoms with Gasteiger partial charge in [0.2, 0.25) is 0 Å². The molecule has 0 aliphatic heterocycles. The molecule has 1 aromatic heterocycles. The molecule has 2 amide bonds. The van der Waals surface area contributed by atoms with Crippen molar-refractivity contribution in [3.05, 3.63) is 53.3 Å². The first-order valence-corrected chi connectivity index (χ1v) is 7.38. The van der Waals surface area contributed by atoms with Gasteiger partial charge in [0.15, 0.2) is 6.61 Å². The minimum atomic E-state index is -0.381. The van der Waals surface area contributed by atoms with Crippen LogP contribution in [-0.4, -0.2) is 29.9 Å². The summed E-state index contributed by atoms with van der Waals surface area (Å²) in [6, 6.07) is 9.82. The molecule has 1 heterocycles. The standard InChI is InChI=1S/C16H16ClN3O3/c1-2-18-15(21)10-23-13-5-3-4-12(9-13)20-16(22)14-8-11(17)6-7-19-14/h3-9H,2,10H2,1H3,(H,18,21)(H,20,22). The van der Waals surface area contributed by atoms with Gasteiger partial charge in [-0.2, -0.15) is 0 Å². The average Bonchev–Trinajstić information content (AvgIpc) is 2.53. The molecule has 0 saturated carbocycles. The van der Waals surface area contributed by atoms with E-state index < -0.39 is 0 Å². The largest absolute Gasteiger partial charge is 0.484 e. The van der Waals surface area contributed by atoms with Gasteiger partial charge in [0.25, 0.3) is 11.8 Å². The lowest BCUT2D eigenvalue weighted by atomic mass is 10.2. The first-order valence-electron chi connectivity index (χ1n) is 7.01. The molecule has 2 aromatic rings. The molecule has 2 rings (SSSR count). The first-order chi connectivity index (χ1) is 11.1. The minimum absolute atomic E-state index is 0.0823. The van der Waals surface area contributed by atoms with Crippen LogP contribution in [0.25, 0.3) is 0 Å². The van der Waals surface area contributed by atoms with Crippen molar-refractivity contribution in [2.45, 2.75) is 6.92 Å². The summed E-state index contributed by atoms with van der Waals surface area (Å²) in [4.78, 5) is 27.4. The van der Waals surface area contributed by atoms with E-state index in [9.17, 15) is 9.59 Å². The summed E-state index contributed by atoms with van der Waals surface area (Å²) in [6.45, 7) is 2.30. The molecule has 0 aliphatic carbocycles. The van der Waals surface area contributed by atoms with Crippen LogP contribution in [0, 0.1) is 0 Å². The summed E-state index contributed by atoms with van der Waals surface area (Å²) in [6.07, 6.45) is 1.46. The fourth-order valence-corrected chi connectivity index (χ4v) is 1.94. The molecule has 7 heteroatoms. The Morgan fingerprint density at radius 2 is 2.09 bits per heavy atom. The van der Waals surface area contributed by atoms with E-state index in [-0.39, 0.29) is 24.1 Å². The summed E-state index contributed by atoms with van der Waals surface area (Å²) < 4.78 is 5.37. The van der Waals surface area contributed by atoms with Crippen molar-refractivity contribution >= 4 is 29.1 Å². The van der Waals surface area contributed by atoms with Crippen LogP contribution in [0.15, 0.2) is 42.6 Å². The number of benzene rings is 1. The third-order valence-electron chi connectivity index (χ3n) is 2.79. The lowest BCUT2D eigenvalue weighted by Gasteiger charge is -2.09. The van der Waals surface area contributed by atoms with Crippen LogP contribution < -0.4 is 15.4 Å². The van der Waals surface area contributed by atoms with E-state index in [1.54, 1.807) is 30.3 Å². The Morgan fingerprint density at radius 1 is 1.26 bits per heavy atom. The summed E-state index contributed by atoms with van der Waals surface area (Å²) in [7, 11) is 0. The number of rotatable bonds is 6. The smallest absolute Gasteiger partial charge is 0.274 e. The topological polar surface area (TPSA) is 80.3 Å². The maximum atomic E-state index is 12.1. The van der Waals surface area contributed by atoms with Crippen molar-refractivity contribution in [3.63, 3.8) is 0 Å². The molecule has 0 unspecified atom stereocenters. The Kier molecular flexibility index (Phi) is 5.94. The summed E-state index contributed by atoms with van der Waals surface area (Å²) in [5.74, 6) is -0.105. The highest BCUT2D eigenvalue weighted by atomic mass is 35.5. The van der Waals surface area contributed by atoms with Gasteiger partial charge in [0.05, 0.1) is 0 Å². The number of likely N-dealkylation sites (N-methyl/N-ethyl adjacent to an activating group) is 1. The van der Waals surface area contributed by atoms with E-state index in [1.165, 1.54) is 12.3 Å². The van der Waals surface area contributed by atoms with Crippen molar-refractivity contribution < 1.29 is 14.3 Å². The van der Waals surface area contributed by atoms with Gasteiger partial charge in [-0.25, -0.2) is 0 Å². The van der Waals surface area contributed by atoms with E-state index in [0.717, 1.165) is 0 Å². The highest BCUT2D eigenvalue weighted by Gasteiger charge is 2.09. The molecular weight excluding hydrogens is 318 g/mol. The quantitative estimate of drug-likeness (QED) is 0.851. The van der Waals surface area contributed by atoms with Crippen molar-refractivity contribution in [1.82, 2.24) is 10.3 Å². The molecule has 0 saturated heterocycles. The molecular formula is C16H16ClN3O3. The van der Waals surface area contributed by atoms with E-state index in [0.29, 0.717) is 23.0 Å². The Morgan fingerprint density at radius 3 is 2.83 bits per heavy atom. The molecule has 6 nitrogen and oxygen atoms in total. The predicted molar refractivity (Wildman–Crippen MR) is 87.8 cm³/mol. The maximum Gasteiger partial charge on any atom is 0.274 e. The van der Waals surface area contributed by atoms with Crippen molar-refractivity contribution in [1.29, 1.82) is 0 Å². The molecule has 1 aromatic carbocycles. The van der Waals surface area contributed by atoms with Gasteiger partial charge in [0.1, 0.15) is 11.4 Å². The Bertz CT molecular complexity index is 706. The second-order valence-electron chi connectivity index (χ2n) is 4.58. The molecule has 0 spiro atoms. The van der Waals surface area contributed by atoms with E-state index in [1.807, 2.05) is 6.92 Å². The second-order valence-corrected chi connectivity index (χ2v) is 5.02. The lowest BCUT2D eigenvalue weighted by molar-refractivity contribution is -0.122. The number of pyridine rings is 1. The molecule has 0 radical (unpaired) electrons. The fourth-order valence-electron chi connectivity index (χ4n) is 1.78. The van der Waals surface area contributed by atoms with Crippen LogP contribution in [0.5, 0.6) is 5.75 Å². The van der Waals surface area contributed by atoms with Crippen LogP contribution in [0.3, 0.4) is 0 Å². The fraction of sp³-hybridized carbons (Fsp3) is 0.188. The summed E-state index contributed by atoms with van der Waals surface area (Å²) in [5, 5.41) is 5.77. The summed E-state index contributed by atoms with van der Waals surface area (Å²) in [5.41, 5.74) is 0.747. The zero-order valence-corrected chi connectivity index (χ0v) is 13.3. The molecule has 0 atom stereocenters. The number of hydrogen-bond donors (Lipinski definition) is 2. The SMILES string of the molecule is CCNC(=O)COc1cccc(NC(=O)c2cc(Cl)ccn2)c1. The molecule has 0 aliphatic rings. The van der Waals surface area contributed by atoms with Gasteiger partial charge in [-0.05, 0) is 31.2 Å². The number of carbonyl (C=O) groups is 2. The van der Waals surface area contributed by atoms with Crippen LogP contribution in [0.2, 0.25) is 5.02 Å². The number of hydrogen-bond acceptors (Lipinski definition) is 4. The van der Waals surface area contributed by atoms with E-state index in [2.05, 4.69) is 15.6 Å². The third kappa shape index (κ3) is 5.27. The number of halogens is 1. The molecule has 2 N–H and O–H groups in total. The molecule has 0 bridgehead atoms. The first kappa shape index (κ1) is 16.8. The normalized spacial score (nSPS) is 10.0. The van der Waals surface area contributed by atoms with Gasteiger partial charge >= 0.3 is 0 Å². The predicted octanol–water partition coefficient (Wildman–Crippen LogP) is 2.50. The molecule has 23 heavy (non-hydrogen) atoms. The Balaban J connectivity index is 1.99. The number of anilines is 1. The van der Waals surface area contributed by atoms with Gasteiger partial charge < -0.3 is 15.4 Å². The number of nitrogens with one attached hydrogen (secondary N) is 2. The highest BCUT2D eigenvalue weighted by Crippen LogP contribution is 2.18. The Labute approximate surface area is 138 Å². The number of ether oxygens (including phenoxy) is 1. The van der Waals surface area contributed by atoms with Crippen LogP contribution in [0.4, 0.5) is 5.69 Å². The lowest BCUT2D eigenvalue weighted by Crippen LogP contribution is -2.28. The highest BCUT2D eigenvalue weighted by molar-refractivity contribution is 6.30. The molecule has 120 valence electrons. The van der Waals surface area contributed by atoms with Crippen LogP contribution in [-0.2, 0) is 4.79 Å². The van der Waals surface area contributed by atoms with Crippen molar-refractivity contribution in [3.8, 4) is 5.75 Å². The third-order valence-corrected chi connectivity index (χ3v) is 3.03. The zero-order chi connectivity index (χ0) is 16.7. The number of carbonyl (C=O) groups excluding carboxylic acids is 2. The average molecular weight is 334 g/mol. The maximum absolute atomic E-state index is 12.1. The van der Waals surface area contributed by atoms with Gasteiger partial charge in [-0.3, -0.25) is 14.6 Å². The van der Waals surface area contributed by atoms with Crippen molar-refractivity contribution in [2.24, 2.45) is 0 Å². The number of aromatic nitrogens is 1. The van der Waals surface area contributed by atoms with Gasteiger partial charge in [-0.1, -0.05) is 17.7 Å². The number of nitrogens with zero attached hydrogens (tertiary/aromatic N) is 1. The van der Waals surface area contributed by atoms with Crippen LogP contribution in [0.1, 0.15) is 17.4 Å². The van der Waals surface area contributed by atoms with Gasteiger partial charge in [0, 0.05) is 29.5 Å². The zero-order valence-electron chi connectivity index (χ0n) is 12.5. The second kappa shape index (κ2) is 8.14. The van der Waals surface area contributed by atoms with E-state index in [4.69, 9.17) is 16.3 Å². The molecule has 0 fully saturated rings.